The zero-order valence-electron chi connectivity index (χ0n) is 16.5. The average molecular weight is 444 g/mol. The zero-order chi connectivity index (χ0) is 21.1. The number of carbonyl (C=O) groups is 1. The van der Waals surface area contributed by atoms with Gasteiger partial charge in [0.25, 0.3) is 0 Å². The molecule has 0 atom stereocenters. The summed E-state index contributed by atoms with van der Waals surface area (Å²) in [6.45, 7) is 4.56. The molecule has 0 aliphatic carbocycles. The lowest BCUT2D eigenvalue weighted by atomic mass is 10.2. The average Bonchev–Trinajstić information content (AvgIpc) is 3.23. The smallest absolute Gasteiger partial charge is 0.233 e. The minimum absolute atomic E-state index is 0.0634. The Morgan fingerprint density at radius 3 is 2.67 bits per heavy atom. The number of benzene rings is 2. The number of hydrogen-bond acceptors (Lipinski definition) is 6. The number of hydrogen-bond donors (Lipinski definition) is 1. The lowest BCUT2D eigenvalue weighted by molar-refractivity contribution is -0.128. The van der Waals surface area contributed by atoms with Crippen molar-refractivity contribution in [2.75, 3.05) is 36.8 Å². The quantitative estimate of drug-likeness (QED) is 0.609. The molecule has 7 nitrogen and oxygen atoms in total. The topological polar surface area (TPSA) is 74.5 Å². The molecule has 1 saturated heterocycles. The Kier molecular flexibility index (Phi) is 6.15. The summed E-state index contributed by atoms with van der Waals surface area (Å²) in [7, 11) is 0. The van der Waals surface area contributed by atoms with Gasteiger partial charge < -0.3 is 14.9 Å². The van der Waals surface area contributed by atoms with E-state index in [0.29, 0.717) is 36.4 Å². The first-order chi connectivity index (χ1) is 14.5. The fraction of sp³-hybridized carbons (Fsp3) is 0.286. The van der Waals surface area contributed by atoms with E-state index < -0.39 is 0 Å². The summed E-state index contributed by atoms with van der Waals surface area (Å²) in [6.07, 6.45) is 1.62. The maximum absolute atomic E-state index is 12.7. The summed E-state index contributed by atoms with van der Waals surface area (Å²) < 4.78 is 1.83. The molecular formula is C21H22ClN5O2S. The van der Waals surface area contributed by atoms with Gasteiger partial charge in [-0.25, -0.2) is 0 Å². The number of piperazine rings is 1. The van der Waals surface area contributed by atoms with Gasteiger partial charge in [-0.05, 0) is 36.8 Å². The minimum Gasteiger partial charge on any atom is -0.506 e. The van der Waals surface area contributed by atoms with Crippen LogP contribution in [-0.2, 0) is 4.79 Å². The molecule has 0 spiro atoms. The van der Waals surface area contributed by atoms with Crippen molar-refractivity contribution in [2.45, 2.75) is 12.1 Å². The van der Waals surface area contributed by atoms with Gasteiger partial charge in [0.1, 0.15) is 12.1 Å². The highest BCUT2D eigenvalue weighted by Gasteiger charge is 2.23. The van der Waals surface area contributed by atoms with Gasteiger partial charge in [-0.1, -0.05) is 41.6 Å². The summed E-state index contributed by atoms with van der Waals surface area (Å²) in [5, 5.41) is 19.5. The van der Waals surface area contributed by atoms with E-state index in [1.807, 2.05) is 46.7 Å². The monoisotopic (exact) mass is 443 g/mol. The van der Waals surface area contributed by atoms with Crippen LogP contribution in [0.15, 0.2) is 53.9 Å². The van der Waals surface area contributed by atoms with E-state index in [-0.39, 0.29) is 17.4 Å². The number of amides is 1. The van der Waals surface area contributed by atoms with Gasteiger partial charge in [0.05, 0.1) is 17.1 Å². The molecule has 3 aromatic rings. The fourth-order valence-corrected chi connectivity index (χ4v) is 4.38. The van der Waals surface area contributed by atoms with Crippen molar-refractivity contribution in [1.82, 2.24) is 19.7 Å². The number of halogens is 1. The van der Waals surface area contributed by atoms with Crippen molar-refractivity contribution < 1.29 is 9.90 Å². The number of para-hydroxylation sites is 2. The van der Waals surface area contributed by atoms with Crippen molar-refractivity contribution in [3.8, 4) is 11.4 Å². The maximum Gasteiger partial charge on any atom is 0.233 e. The van der Waals surface area contributed by atoms with Crippen molar-refractivity contribution in [3.05, 3.63) is 59.4 Å². The molecule has 0 unspecified atom stereocenters. The molecule has 9 heteroatoms. The number of aromatic hydroxyl groups is 1. The Hall–Kier alpha value is -2.71. The SMILES string of the molecule is Cc1ccc(-n2cnnc2SCC(=O)N2CCN(c3ccccc3O)CC2)cc1Cl. The van der Waals surface area contributed by atoms with Gasteiger partial charge in [-0.15, -0.1) is 10.2 Å². The number of carbonyl (C=O) groups excluding carboxylic acids is 1. The molecule has 2 aromatic carbocycles. The molecule has 1 aromatic heterocycles. The van der Waals surface area contributed by atoms with Crippen LogP contribution in [0.25, 0.3) is 5.69 Å². The number of anilines is 1. The van der Waals surface area contributed by atoms with Gasteiger partial charge in [0, 0.05) is 31.2 Å². The van der Waals surface area contributed by atoms with Crippen molar-refractivity contribution in [3.63, 3.8) is 0 Å². The number of nitrogens with zero attached hydrogens (tertiary/aromatic N) is 5. The van der Waals surface area contributed by atoms with E-state index in [1.165, 1.54) is 11.8 Å². The second kappa shape index (κ2) is 8.97. The highest BCUT2D eigenvalue weighted by molar-refractivity contribution is 7.99. The second-order valence-corrected chi connectivity index (χ2v) is 8.41. The van der Waals surface area contributed by atoms with Crippen molar-refractivity contribution in [2.24, 2.45) is 0 Å². The van der Waals surface area contributed by atoms with Crippen LogP contribution in [0.2, 0.25) is 5.02 Å². The van der Waals surface area contributed by atoms with E-state index in [9.17, 15) is 9.90 Å². The molecule has 1 fully saturated rings. The van der Waals surface area contributed by atoms with Gasteiger partial charge in [0.15, 0.2) is 5.16 Å². The molecular weight excluding hydrogens is 422 g/mol. The Bertz CT molecular complexity index is 1050. The third-order valence-electron chi connectivity index (χ3n) is 5.13. The van der Waals surface area contributed by atoms with Crippen LogP contribution in [0.1, 0.15) is 5.56 Å². The summed E-state index contributed by atoms with van der Waals surface area (Å²) in [5.41, 5.74) is 2.67. The molecule has 1 amide bonds. The lowest BCUT2D eigenvalue weighted by Crippen LogP contribution is -2.49. The molecule has 4 rings (SSSR count). The van der Waals surface area contributed by atoms with E-state index >= 15 is 0 Å². The van der Waals surface area contributed by atoms with E-state index in [2.05, 4.69) is 15.1 Å². The second-order valence-electron chi connectivity index (χ2n) is 7.06. The Morgan fingerprint density at radius 2 is 1.93 bits per heavy atom. The normalized spacial score (nSPS) is 14.2. The maximum atomic E-state index is 12.7. The van der Waals surface area contributed by atoms with Crippen LogP contribution in [-0.4, -0.2) is 62.6 Å². The first kappa shape index (κ1) is 20.6. The molecule has 0 bridgehead atoms. The van der Waals surface area contributed by atoms with Crippen LogP contribution in [0, 0.1) is 6.92 Å². The predicted octanol–water partition coefficient (Wildman–Crippen LogP) is 3.38. The highest BCUT2D eigenvalue weighted by atomic mass is 35.5. The van der Waals surface area contributed by atoms with Crippen LogP contribution >= 0.6 is 23.4 Å². The summed E-state index contributed by atoms with van der Waals surface area (Å²) >= 11 is 7.60. The number of phenols is 1. The summed E-state index contributed by atoms with van der Waals surface area (Å²) in [4.78, 5) is 16.7. The number of rotatable bonds is 5. The first-order valence-corrected chi connectivity index (χ1v) is 11.0. The van der Waals surface area contributed by atoms with Crippen LogP contribution in [0.5, 0.6) is 5.75 Å². The summed E-state index contributed by atoms with van der Waals surface area (Å²) in [6, 6.07) is 13.0. The van der Waals surface area contributed by atoms with Crippen molar-refractivity contribution in [1.29, 1.82) is 0 Å². The number of aromatic nitrogens is 3. The lowest BCUT2D eigenvalue weighted by Gasteiger charge is -2.36. The van der Waals surface area contributed by atoms with Gasteiger partial charge >= 0.3 is 0 Å². The predicted molar refractivity (Wildman–Crippen MR) is 119 cm³/mol. The summed E-state index contributed by atoms with van der Waals surface area (Å²) in [5.74, 6) is 0.617. The van der Waals surface area contributed by atoms with Crippen LogP contribution in [0.3, 0.4) is 0 Å². The molecule has 0 radical (unpaired) electrons. The van der Waals surface area contributed by atoms with Gasteiger partial charge in [0.2, 0.25) is 5.91 Å². The standard InChI is InChI=1S/C21H22ClN5O2S/c1-15-6-7-16(12-17(15)22)27-14-23-24-21(27)30-13-20(29)26-10-8-25(9-11-26)18-4-2-3-5-19(18)28/h2-7,12,14,28H,8-11,13H2,1H3. The van der Waals surface area contributed by atoms with Crippen LogP contribution < -0.4 is 4.90 Å². The minimum atomic E-state index is 0.0634. The van der Waals surface area contributed by atoms with Crippen LogP contribution in [0.4, 0.5) is 5.69 Å². The van der Waals surface area contributed by atoms with Gasteiger partial charge in [-0.3, -0.25) is 9.36 Å². The third-order valence-corrected chi connectivity index (χ3v) is 6.46. The van der Waals surface area contributed by atoms with Gasteiger partial charge in [-0.2, -0.15) is 0 Å². The number of phenolic OH excluding ortho intramolecular Hbond substituents is 1. The van der Waals surface area contributed by atoms with E-state index in [0.717, 1.165) is 16.9 Å². The fourth-order valence-electron chi connectivity index (χ4n) is 3.38. The molecule has 0 saturated carbocycles. The zero-order valence-corrected chi connectivity index (χ0v) is 18.1. The Balaban J connectivity index is 1.35. The highest BCUT2D eigenvalue weighted by Crippen LogP contribution is 2.28. The van der Waals surface area contributed by atoms with Crippen molar-refractivity contribution >= 4 is 35.0 Å². The molecule has 2 heterocycles. The largest absolute Gasteiger partial charge is 0.506 e. The Morgan fingerprint density at radius 1 is 1.17 bits per heavy atom. The third kappa shape index (κ3) is 4.39. The first-order valence-electron chi connectivity index (χ1n) is 9.63. The molecule has 1 N–H and O–H groups in total. The van der Waals surface area contributed by atoms with E-state index in [4.69, 9.17) is 11.6 Å². The number of thioether (sulfide) groups is 1. The Labute approximate surface area is 184 Å². The molecule has 1 aliphatic heterocycles. The van der Waals surface area contributed by atoms with E-state index in [1.54, 1.807) is 18.5 Å². The molecule has 30 heavy (non-hydrogen) atoms. The number of aryl methyl sites for hydroxylation is 1. The molecule has 1 aliphatic rings. The molecule has 156 valence electrons.